The number of aromatic hydroxyl groups is 1. The molecule has 5 heteroatoms. The van der Waals surface area contributed by atoms with Gasteiger partial charge in [0.15, 0.2) is 0 Å². The Bertz CT molecular complexity index is 254. The van der Waals surface area contributed by atoms with Crippen molar-refractivity contribution in [3.05, 3.63) is 29.8 Å². The molecule has 5 nitrogen and oxygen atoms in total. The molecular formula is C8H10O5. The van der Waals surface area contributed by atoms with Crippen molar-refractivity contribution < 1.29 is 25.5 Å². The van der Waals surface area contributed by atoms with Crippen molar-refractivity contribution in [2.24, 2.45) is 0 Å². The first kappa shape index (κ1) is 11.4. The monoisotopic (exact) mass is 186 g/mol. The minimum Gasteiger partial charge on any atom is -0.508 e. The second-order valence-corrected chi connectivity index (χ2v) is 2.24. The third kappa shape index (κ3) is 4.78. The molecule has 1 aromatic rings. The lowest BCUT2D eigenvalue weighted by Crippen LogP contribution is -1.98. The average molecular weight is 186 g/mol. The Kier molecular flexibility index (Phi) is 5.25. The molecule has 0 bridgehead atoms. The highest BCUT2D eigenvalue weighted by Gasteiger charge is 1.98. The largest absolute Gasteiger partial charge is 0.508 e. The van der Waals surface area contributed by atoms with Crippen molar-refractivity contribution in [1.29, 1.82) is 0 Å². The van der Waals surface area contributed by atoms with E-state index in [1.165, 1.54) is 12.1 Å². The summed E-state index contributed by atoms with van der Waals surface area (Å²) in [6.45, 7) is 0. The summed E-state index contributed by atoms with van der Waals surface area (Å²) in [5.74, 6) is -0.713. The Morgan fingerprint density at radius 2 is 1.62 bits per heavy atom. The van der Waals surface area contributed by atoms with E-state index in [9.17, 15) is 4.79 Å². The minimum absolute atomic E-state index is 0.000278. The van der Waals surface area contributed by atoms with E-state index < -0.39 is 5.97 Å². The van der Waals surface area contributed by atoms with Gasteiger partial charge in [-0.2, -0.15) is 0 Å². The summed E-state index contributed by atoms with van der Waals surface area (Å²) in [5, 5.41) is 29.2. The summed E-state index contributed by atoms with van der Waals surface area (Å²) >= 11 is 0. The van der Waals surface area contributed by atoms with Gasteiger partial charge >= 0.3 is 5.97 Å². The highest BCUT2D eigenvalue weighted by Crippen LogP contribution is 2.09. The maximum atomic E-state index is 10.2. The first-order chi connectivity index (χ1) is 6.18. The van der Waals surface area contributed by atoms with Gasteiger partial charge in [-0.05, 0) is 17.7 Å². The number of hydrogen-bond acceptors (Lipinski definition) is 4. The molecule has 72 valence electrons. The summed E-state index contributed by atoms with van der Waals surface area (Å²) in [4.78, 5) is 10.2. The highest BCUT2D eigenvalue weighted by molar-refractivity contribution is 5.70. The first-order valence-electron chi connectivity index (χ1n) is 3.38. The van der Waals surface area contributed by atoms with Gasteiger partial charge in [0.1, 0.15) is 5.75 Å². The van der Waals surface area contributed by atoms with Gasteiger partial charge in [-0.3, -0.25) is 15.3 Å². The molecule has 0 aromatic heterocycles. The maximum absolute atomic E-state index is 10.2. The molecule has 0 fully saturated rings. The van der Waals surface area contributed by atoms with Gasteiger partial charge in [0.2, 0.25) is 0 Å². The lowest BCUT2D eigenvalue weighted by atomic mass is 10.1. The maximum Gasteiger partial charge on any atom is 0.307 e. The predicted molar refractivity (Wildman–Crippen MR) is 44.7 cm³/mol. The van der Waals surface area contributed by atoms with Gasteiger partial charge in [0.05, 0.1) is 6.42 Å². The van der Waals surface area contributed by atoms with Gasteiger partial charge in [0.25, 0.3) is 0 Å². The second kappa shape index (κ2) is 5.99. The number of phenols is 1. The predicted octanol–water partition coefficient (Wildman–Crippen LogP) is 1.04. The molecule has 0 radical (unpaired) electrons. The molecule has 0 amide bonds. The first-order valence-corrected chi connectivity index (χ1v) is 3.38. The number of phenolic OH excluding ortho intramolecular Hbond substituents is 1. The van der Waals surface area contributed by atoms with Crippen LogP contribution in [-0.2, 0) is 11.2 Å². The van der Waals surface area contributed by atoms with Crippen LogP contribution in [0.15, 0.2) is 24.3 Å². The van der Waals surface area contributed by atoms with E-state index in [4.69, 9.17) is 20.7 Å². The Morgan fingerprint density at radius 1 is 1.15 bits per heavy atom. The molecule has 0 heterocycles. The van der Waals surface area contributed by atoms with Gasteiger partial charge < -0.3 is 10.2 Å². The standard InChI is InChI=1S/C8H8O3.H2O2/c9-7-3-1-6(2-4-7)5-8(10)11;1-2/h1-4,9H,5H2,(H,10,11);1-2H. The van der Waals surface area contributed by atoms with Gasteiger partial charge in [-0.1, -0.05) is 12.1 Å². The smallest absolute Gasteiger partial charge is 0.307 e. The van der Waals surface area contributed by atoms with E-state index in [-0.39, 0.29) is 12.2 Å². The number of hydrogen-bond donors (Lipinski definition) is 4. The molecular weight excluding hydrogens is 176 g/mol. The fourth-order valence-electron chi connectivity index (χ4n) is 0.788. The second-order valence-electron chi connectivity index (χ2n) is 2.24. The Labute approximate surface area is 74.4 Å². The molecule has 0 aliphatic carbocycles. The number of aliphatic carboxylic acids is 1. The van der Waals surface area contributed by atoms with Gasteiger partial charge in [0, 0.05) is 0 Å². The molecule has 1 aromatic carbocycles. The van der Waals surface area contributed by atoms with Crippen LogP contribution in [0.1, 0.15) is 5.56 Å². The average Bonchev–Trinajstić information content (AvgIpc) is 2.12. The van der Waals surface area contributed by atoms with Crippen molar-refractivity contribution in [3.63, 3.8) is 0 Å². The van der Waals surface area contributed by atoms with E-state index in [2.05, 4.69) is 0 Å². The molecule has 1 rings (SSSR count). The van der Waals surface area contributed by atoms with Crippen molar-refractivity contribution in [2.75, 3.05) is 0 Å². The normalized spacial score (nSPS) is 8.46. The molecule has 0 saturated heterocycles. The van der Waals surface area contributed by atoms with Gasteiger partial charge in [-0.15, -0.1) is 0 Å². The van der Waals surface area contributed by atoms with Crippen LogP contribution in [0.5, 0.6) is 5.75 Å². The molecule has 4 N–H and O–H groups in total. The van der Waals surface area contributed by atoms with Crippen molar-refractivity contribution in [1.82, 2.24) is 0 Å². The topological polar surface area (TPSA) is 98.0 Å². The molecule has 0 saturated carbocycles. The summed E-state index contributed by atoms with van der Waals surface area (Å²) in [6, 6.07) is 6.11. The van der Waals surface area contributed by atoms with Crippen LogP contribution in [0.25, 0.3) is 0 Å². The zero-order chi connectivity index (χ0) is 10.3. The van der Waals surface area contributed by atoms with Crippen LogP contribution >= 0.6 is 0 Å². The molecule has 0 atom stereocenters. The van der Waals surface area contributed by atoms with E-state index >= 15 is 0 Å². The number of rotatable bonds is 2. The number of carboxylic acids is 1. The fraction of sp³-hybridized carbons (Fsp3) is 0.125. The van der Waals surface area contributed by atoms with Crippen LogP contribution in [0.2, 0.25) is 0 Å². The zero-order valence-corrected chi connectivity index (χ0v) is 6.71. The number of carbonyl (C=O) groups is 1. The Balaban J connectivity index is 0.000000671. The summed E-state index contributed by atoms with van der Waals surface area (Å²) in [5.41, 5.74) is 0.690. The zero-order valence-electron chi connectivity index (χ0n) is 6.71. The summed E-state index contributed by atoms with van der Waals surface area (Å²) in [7, 11) is 0. The molecule has 0 spiro atoms. The van der Waals surface area contributed by atoms with Crippen LogP contribution in [0, 0.1) is 0 Å². The van der Waals surface area contributed by atoms with Crippen LogP contribution < -0.4 is 0 Å². The van der Waals surface area contributed by atoms with Gasteiger partial charge in [-0.25, -0.2) is 0 Å². The third-order valence-corrected chi connectivity index (χ3v) is 1.29. The van der Waals surface area contributed by atoms with E-state index in [1.54, 1.807) is 12.1 Å². The lowest BCUT2D eigenvalue weighted by Gasteiger charge is -1.95. The lowest BCUT2D eigenvalue weighted by molar-refractivity contribution is -0.176. The van der Waals surface area contributed by atoms with Crippen molar-refractivity contribution >= 4 is 5.97 Å². The quantitative estimate of drug-likeness (QED) is 0.408. The number of carboxylic acid groups (broad SMARTS) is 1. The van der Waals surface area contributed by atoms with Crippen molar-refractivity contribution in [3.8, 4) is 5.75 Å². The Morgan fingerprint density at radius 3 is 2.00 bits per heavy atom. The summed E-state index contributed by atoms with van der Waals surface area (Å²) in [6.07, 6.45) is 0.000278. The third-order valence-electron chi connectivity index (χ3n) is 1.29. The van der Waals surface area contributed by atoms with E-state index in [0.29, 0.717) is 5.56 Å². The molecule has 0 unspecified atom stereocenters. The fourth-order valence-corrected chi connectivity index (χ4v) is 0.788. The number of benzene rings is 1. The molecule has 0 aliphatic heterocycles. The SMILES string of the molecule is O=C(O)Cc1ccc(O)cc1.OO. The molecule has 0 aliphatic rings. The highest BCUT2D eigenvalue weighted by atomic mass is 17.0. The van der Waals surface area contributed by atoms with Crippen LogP contribution in [0.4, 0.5) is 0 Å². The summed E-state index contributed by atoms with van der Waals surface area (Å²) < 4.78 is 0. The minimum atomic E-state index is -0.865. The van der Waals surface area contributed by atoms with E-state index in [1.807, 2.05) is 0 Å². The van der Waals surface area contributed by atoms with Crippen molar-refractivity contribution in [2.45, 2.75) is 6.42 Å². The van der Waals surface area contributed by atoms with Crippen LogP contribution in [0.3, 0.4) is 0 Å². The Hall–Kier alpha value is -1.59. The van der Waals surface area contributed by atoms with E-state index in [0.717, 1.165) is 0 Å². The molecule has 13 heavy (non-hydrogen) atoms. The van der Waals surface area contributed by atoms with Crippen LogP contribution in [-0.4, -0.2) is 26.7 Å².